The molecule has 3 rings (SSSR count). The number of carboxylic acid groups (broad SMARTS) is 1. The predicted molar refractivity (Wildman–Crippen MR) is 123 cm³/mol. The van der Waals surface area contributed by atoms with E-state index in [4.69, 9.17) is 0 Å². The molecule has 0 saturated carbocycles. The van der Waals surface area contributed by atoms with Crippen LogP contribution in [0.15, 0.2) is 12.5 Å². The predicted octanol–water partition coefficient (Wildman–Crippen LogP) is -0.497. The van der Waals surface area contributed by atoms with Crippen LogP contribution in [0.25, 0.3) is 0 Å². The van der Waals surface area contributed by atoms with Gasteiger partial charge in [-0.25, -0.2) is 9.78 Å². The minimum Gasteiger partial charge on any atom is -0.480 e. The van der Waals surface area contributed by atoms with Gasteiger partial charge < -0.3 is 30.9 Å². The van der Waals surface area contributed by atoms with Gasteiger partial charge in [0, 0.05) is 24.9 Å². The van der Waals surface area contributed by atoms with E-state index in [0.29, 0.717) is 30.8 Å². The van der Waals surface area contributed by atoms with Crippen LogP contribution in [0.3, 0.4) is 0 Å². The van der Waals surface area contributed by atoms with Gasteiger partial charge in [-0.15, -0.1) is 0 Å². The van der Waals surface area contributed by atoms with Gasteiger partial charge in [0.2, 0.25) is 17.7 Å². The van der Waals surface area contributed by atoms with E-state index in [0.717, 1.165) is 25.8 Å². The van der Waals surface area contributed by atoms with Crippen molar-refractivity contribution < 1.29 is 24.3 Å². The highest BCUT2D eigenvalue weighted by atomic mass is 32.2. The molecule has 4 unspecified atom stereocenters. The third-order valence-corrected chi connectivity index (χ3v) is 6.68. The number of thioether (sulfide) groups is 1. The molecule has 4 atom stereocenters. The van der Waals surface area contributed by atoms with Gasteiger partial charge in [-0.1, -0.05) is 0 Å². The van der Waals surface area contributed by atoms with Gasteiger partial charge in [0.05, 0.1) is 12.4 Å². The average molecular weight is 481 g/mol. The van der Waals surface area contributed by atoms with Crippen molar-refractivity contribution in [3.05, 3.63) is 18.2 Å². The van der Waals surface area contributed by atoms with Gasteiger partial charge in [-0.2, -0.15) is 11.8 Å². The van der Waals surface area contributed by atoms with Crippen molar-refractivity contribution in [2.24, 2.45) is 0 Å². The van der Waals surface area contributed by atoms with Crippen molar-refractivity contribution in [1.82, 2.24) is 30.8 Å². The fourth-order valence-electron chi connectivity index (χ4n) is 4.26. The van der Waals surface area contributed by atoms with Gasteiger partial charge >= 0.3 is 5.97 Å². The van der Waals surface area contributed by atoms with E-state index in [1.807, 2.05) is 6.26 Å². The number of carbonyl (C=O) groups excluding carboxylic acids is 3. The minimum absolute atomic E-state index is 0.0452. The number of aromatic amines is 1. The molecule has 1 aromatic rings. The molecule has 11 nitrogen and oxygen atoms in total. The number of amides is 3. The zero-order valence-electron chi connectivity index (χ0n) is 18.7. The smallest absolute Gasteiger partial charge is 0.326 e. The second kappa shape index (κ2) is 12.0. The Balaban J connectivity index is 1.64. The Morgan fingerprint density at radius 3 is 2.70 bits per heavy atom. The van der Waals surface area contributed by atoms with Gasteiger partial charge in [0.25, 0.3) is 0 Å². The molecule has 33 heavy (non-hydrogen) atoms. The number of nitrogens with one attached hydrogen (secondary N) is 4. The first kappa shape index (κ1) is 25.0. The third-order valence-electron chi connectivity index (χ3n) is 6.03. The van der Waals surface area contributed by atoms with Crippen LogP contribution in [0.2, 0.25) is 0 Å². The molecule has 0 aliphatic carbocycles. The largest absolute Gasteiger partial charge is 0.480 e. The Bertz CT molecular complexity index is 829. The van der Waals surface area contributed by atoms with Crippen molar-refractivity contribution in [3.8, 4) is 0 Å². The summed E-state index contributed by atoms with van der Waals surface area (Å²) < 4.78 is 0. The maximum absolute atomic E-state index is 13.1. The molecule has 5 N–H and O–H groups in total. The number of rotatable bonds is 11. The van der Waals surface area contributed by atoms with E-state index in [-0.39, 0.29) is 24.3 Å². The molecule has 0 radical (unpaired) electrons. The summed E-state index contributed by atoms with van der Waals surface area (Å²) in [4.78, 5) is 58.9. The normalized spacial score (nSPS) is 22.0. The number of aliphatic carboxylic acids is 1. The summed E-state index contributed by atoms with van der Waals surface area (Å²) in [5.74, 6) is -1.57. The molecular formula is C21H32N6O5S. The topological polar surface area (TPSA) is 157 Å². The Kier molecular flexibility index (Phi) is 9.12. The van der Waals surface area contributed by atoms with Gasteiger partial charge in [0.1, 0.15) is 18.1 Å². The molecule has 3 amide bonds. The fourth-order valence-corrected chi connectivity index (χ4v) is 4.73. The van der Waals surface area contributed by atoms with Gasteiger partial charge in [-0.05, 0) is 50.7 Å². The maximum Gasteiger partial charge on any atom is 0.326 e. The fraction of sp³-hybridized carbons (Fsp3) is 0.667. The molecule has 2 saturated heterocycles. The zero-order valence-corrected chi connectivity index (χ0v) is 19.5. The van der Waals surface area contributed by atoms with Crippen LogP contribution in [0.5, 0.6) is 0 Å². The van der Waals surface area contributed by atoms with Crippen LogP contribution in [0.1, 0.15) is 37.8 Å². The molecule has 2 aliphatic rings. The molecule has 2 fully saturated rings. The number of H-pyrrole nitrogens is 1. The third kappa shape index (κ3) is 6.70. The summed E-state index contributed by atoms with van der Waals surface area (Å²) in [6.45, 7) is 1.31. The van der Waals surface area contributed by atoms with Crippen molar-refractivity contribution in [2.75, 3.05) is 25.1 Å². The van der Waals surface area contributed by atoms with Crippen LogP contribution >= 0.6 is 11.8 Å². The second-order valence-corrected chi connectivity index (χ2v) is 9.35. The molecule has 1 aromatic heterocycles. The first-order chi connectivity index (χ1) is 15.9. The van der Waals surface area contributed by atoms with Crippen molar-refractivity contribution in [3.63, 3.8) is 0 Å². The molecular weight excluding hydrogens is 448 g/mol. The highest BCUT2D eigenvalue weighted by Gasteiger charge is 2.39. The van der Waals surface area contributed by atoms with E-state index in [1.165, 1.54) is 24.3 Å². The van der Waals surface area contributed by atoms with Crippen molar-refractivity contribution in [2.45, 2.75) is 62.7 Å². The Morgan fingerprint density at radius 1 is 1.24 bits per heavy atom. The summed E-state index contributed by atoms with van der Waals surface area (Å²) in [5, 5.41) is 18.0. The van der Waals surface area contributed by atoms with Crippen molar-refractivity contribution in [1.29, 1.82) is 0 Å². The number of carboxylic acids is 1. The number of likely N-dealkylation sites (tertiary alicyclic amines) is 1. The molecule has 12 heteroatoms. The summed E-state index contributed by atoms with van der Waals surface area (Å²) in [6.07, 6.45) is 8.18. The number of nitrogens with zero attached hydrogens (tertiary/aromatic N) is 2. The molecule has 0 spiro atoms. The molecule has 3 heterocycles. The van der Waals surface area contributed by atoms with Crippen LogP contribution < -0.4 is 16.0 Å². The monoisotopic (exact) mass is 480 g/mol. The van der Waals surface area contributed by atoms with Gasteiger partial charge in [-0.3, -0.25) is 14.4 Å². The van der Waals surface area contributed by atoms with Crippen molar-refractivity contribution >= 4 is 35.5 Å². The van der Waals surface area contributed by atoms with E-state index in [1.54, 1.807) is 4.90 Å². The van der Waals surface area contributed by atoms with Crippen LogP contribution in [-0.4, -0.2) is 92.9 Å². The first-order valence-electron chi connectivity index (χ1n) is 11.2. The summed E-state index contributed by atoms with van der Waals surface area (Å²) in [5.41, 5.74) is 0.577. The summed E-state index contributed by atoms with van der Waals surface area (Å²) in [7, 11) is 0. The lowest BCUT2D eigenvalue weighted by Gasteiger charge is -2.28. The molecule has 0 aromatic carbocycles. The number of hydrogen-bond donors (Lipinski definition) is 5. The Morgan fingerprint density at radius 2 is 2.06 bits per heavy atom. The number of carbonyl (C=O) groups is 4. The lowest BCUT2D eigenvalue weighted by Crippen LogP contribution is -2.56. The van der Waals surface area contributed by atoms with Crippen LogP contribution in [-0.2, 0) is 25.6 Å². The Hall–Kier alpha value is -2.60. The number of aromatic nitrogens is 2. The minimum atomic E-state index is -1.18. The van der Waals surface area contributed by atoms with Crippen LogP contribution in [0.4, 0.5) is 0 Å². The SMILES string of the molecule is CSCCC(NC(=O)C1CCCN1C(=O)C1CCCN1)C(=O)NC(Cc1cnc[nH]1)C(=O)O. The van der Waals surface area contributed by atoms with E-state index < -0.39 is 30.0 Å². The quantitative estimate of drug-likeness (QED) is 0.284. The number of hydrogen-bond acceptors (Lipinski definition) is 7. The van der Waals surface area contributed by atoms with E-state index in [2.05, 4.69) is 25.9 Å². The zero-order chi connectivity index (χ0) is 23.8. The highest BCUT2D eigenvalue weighted by Crippen LogP contribution is 2.21. The molecule has 0 bridgehead atoms. The maximum atomic E-state index is 13.1. The Labute approximate surface area is 196 Å². The second-order valence-electron chi connectivity index (χ2n) is 8.36. The lowest BCUT2D eigenvalue weighted by atomic mass is 10.1. The number of imidazole rings is 1. The summed E-state index contributed by atoms with van der Waals surface area (Å²) in [6, 6.07) is -2.93. The van der Waals surface area contributed by atoms with Gasteiger partial charge in [0.15, 0.2) is 0 Å². The van der Waals surface area contributed by atoms with E-state index in [9.17, 15) is 24.3 Å². The van der Waals surface area contributed by atoms with Crippen LogP contribution in [0, 0.1) is 0 Å². The molecule has 182 valence electrons. The standard InChI is InChI=1S/C21H32N6O5S/c1-33-9-6-14(18(28)26-16(21(31)32)10-13-11-22-12-24-13)25-19(29)17-5-3-8-27(17)20(30)15-4-2-7-23-15/h11-12,14-17,23H,2-10H2,1H3,(H,22,24)(H,25,29)(H,26,28)(H,31,32). The first-order valence-corrected chi connectivity index (χ1v) is 12.6. The highest BCUT2D eigenvalue weighted by molar-refractivity contribution is 7.98. The molecule has 2 aliphatic heterocycles. The van der Waals surface area contributed by atoms with E-state index >= 15 is 0 Å². The lowest BCUT2D eigenvalue weighted by molar-refractivity contribution is -0.143. The average Bonchev–Trinajstić information content (AvgIpc) is 3.57. The summed E-state index contributed by atoms with van der Waals surface area (Å²) >= 11 is 1.52.